The first-order chi connectivity index (χ1) is 9.96. The van der Waals surface area contributed by atoms with Gasteiger partial charge >= 0.3 is 5.97 Å². The summed E-state index contributed by atoms with van der Waals surface area (Å²) in [6.45, 7) is 5.63. The number of non-ortho nitro benzene ring substituents is 1. The molecule has 5 heteroatoms. The molecular formula is C16H19NO4. The zero-order chi connectivity index (χ0) is 15.5. The van der Waals surface area contributed by atoms with Crippen molar-refractivity contribution in [3.8, 4) is 0 Å². The van der Waals surface area contributed by atoms with Crippen LogP contribution < -0.4 is 0 Å². The van der Waals surface area contributed by atoms with Gasteiger partial charge in [-0.25, -0.2) is 4.79 Å². The van der Waals surface area contributed by atoms with Crippen molar-refractivity contribution in [1.29, 1.82) is 0 Å². The number of carbonyl (C=O) groups excluding carboxylic acids is 1. The second-order valence-corrected chi connectivity index (χ2v) is 5.63. The van der Waals surface area contributed by atoms with E-state index in [1.165, 1.54) is 24.3 Å². The summed E-state index contributed by atoms with van der Waals surface area (Å²) in [5.41, 5.74) is -0.0786. The zero-order valence-electron chi connectivity index (χ0n) is 12.1. The van der Waals surface area contributed by atoms with E-state index >= 15 is 0 Å². The fourth-order valence-electron chi connectivity index (χ4n) is 2.46. The van der Waals surface area contributed by atoms with E-state index < -0.39 is 10.9 Å². The summed E-state index contributed by atoms with van der Waals surface area (Å²) in [5.74, 6) is -0.0157. The van der Waals surface area contributed by atoms with Crippen molar-refractivity contribution < 1.29 is 14.5 Å². The average molecular weight is 289 g/mol. The summed E-state index contributed by atoms with van der Waals surface area (Å²) in [4.78, 5) is 22.1. The predicted octanol–water partition coefficient (Wildman–Crippen LogP) is 3.89. The SMILES string of the molecule is C=CCCCC1CC1(C)OC(=O)c1ccc([N+](=O)[O-])cc1. The van der Waals surface area contributed by atoms with Crippen LogP contribution in [0.3, 0.4) is 0 Å². The van der Waals surface area contributed by atoms with E-state index in [2.05, 4.69) is 6.58 Å². The Balaban J connectivity index is 1.90. The van der Waals surface area contributed by atoms with Crippen molar-refractivity contribution in [1.82, 2.24) is 0 Å². The van der Waals surface area contributed by atoms with Gasteiger partial charge in [0.25, 0.3) is 5.69 Å². The molecule has 112 valence electrons. The number of carbonyl (C=O) groups is 1. The number of ether oxygens (including phenoxy) is 1. The molecule has 0 aliphatic heterocycles. The number of nitro benzene ring substituents is 1. The Morgan fingerprint density at radius 1 is 1.52 bits per heavy atom. The maximum absolute atomic E-state index is 12.0. The highest BCUT2D eigenvalue weighted by molar-refractivity contribution is 5.90. The Morgan fingerprint density at radius 2 is 2.19 bits per heavy atom. The van der Waals surface area contributed by atoms with Crippen LogP contribution in [0, 0.1) is 16.0 Å². The van der Waals surface area contributed by atoms with Crippen molar-refractivity contribution in [3.63, 3.8) is 0 Å². The Labute approximate surface area is 123 Å². The summed E-state index contributed by atoms with van der Waals surface area (Å²) in [7, 11) is 0. The van der Waals surface area contributed by atoms with E-state index in [-0.39, 0.29) is 11.3 Å². The van der Waals surface area contributed by atoms with Crippen molar-refractivity contribution in [2.24, 2.45) is 5.92 Å². The number of hydrogen-bond acceptors (Lipinski definition) is 4. The monoisotopic (exact) mass is 289 g/mol. The van der Waals surface area contributed by atoms with Crippen LogP contribution in [0.25, 0.3) is 0 Å². The Hall–Kier alpha value is -2.17. The minimum absolute atomic E-state index is 0.0357. The highest BCUT2D eigenvalue weighted by atomic mass is 16.6. The molecule has 1 aromatic rings. The van der Waals surface area contributed by atoms with Gasteiger partial charge in [0.15, 0.2) is 0 Å². The smallest absolute Gasteiger partial charge is 0.338 e. The first kappa shape index (κ1) is 15.2. The summed E-state index contributed by atoms with van der Waals surface area (Å²) in [5, 5.41) is 10.6. The minimum atomic E-state index is -0.493. The summed E-state index contributed by atoms with van der Waals surface area (Å²) in [6, 6.07) is 5.48. The van der Waals surface area contributed by atoms with Crippen LogP contribution in [0.15, 0.2) is 36.9 Å². The van der Waals surface area contributed by atoms with Gasteiger partial charge in [-0.1, -0.05) is 6.08 Å². The van der Waals surface area contributed by atoms with E-state index in [9.17, 15) is 14.9 Å². The lowest BCUT2D eigenvalue weighted by Crippen LogP contribution is -2.18. The summed E-state index contributed by atoms with van der Waals surface area (Å²) < 4.78 is 5.54. The second-order valence-electron chi connectivity index (χ2n) is 5.63. The van der Waals surface area contributed by atoms with Gasteiger partial charge in [0.1, 0.15) is 5.60 Å². The van der Waals surface area contributed by atoms with Gasteiger partial charge in [-0.15, -0.1) is 6.58 Å². The number of unbranched alkanes of at least 4 members (excludes halogenated alkanes) is 1. The van der Waals surface area contributed by atoms with E-state index in [1.807, 2.05) is 13.0 Å². The molecule has 0 bridgehead atoms. The number of nitrogens with zero attached hydrogens (tertiary/aromatic N) is 1. The summed E-state index contributed by atoms with van der Waals surface area (Å²) in [6.07, 6.45) is 5.82. The molecule has 1 aromatic carbocycles. The molecule has 0 amide bonds. The molecule has 2 rings (SSSR count). The normalized spacial score (nSPS) is 23.4. The molecule has 0 radical (unpaired) electrons. The molecular weight excluding hydrogens is 270 g/mol. The van der Waals surface area contributed by atoms with Crippen LogP contribution in [0.5, 0.6) is 0 Å². The zero-order valence-corrected chi connectivity index (χ0v) is 12.1. The van der Waals surface area contributed by atoms with Gasteiger partial charge in [-0.3, -0.25) is 10.1 Å². The van der Waals surface area contributed by atoms with Gasteiger partial charge in [-0.2, -0.15) is 0 Å². The number of esters is 1. The van der Waals surface area contributed by atoms with Gasteiger partial charge in [-0.05, 0) is 44.7 Å². The van der Waals surface area contributed by atoms with E-state index in [1.54, 1.807) is 0 Å². The van der Waals surface area contributed by atoms with Gasteiger partial charge < -0.3 is 4.74 Å². The predicted molar refractivity (Wildman–Crippen MR) is 79.1 cm³/mol. The van der Waals surface area contributed by atoms with Crippen molar-refractivity contribution in [2.45, 2.75) is 38.2 Å². The molecule has 1 aliphatic rings. The largest absolute Gasteiger partial charge is 0.455 e. The highest BCUT2D eigenvalue weighted by Gasteiger charge is 2.53. The number of hydrogen-bond donors (Lipinski definition) is 0. The number of benzene rings is 1. The standard InChI is InChI=1S/C16H19NO4/c1-3-4-5-6-13-11-16(13,2)21-15(18)12-7-9-14(10-8-12)17(19)20/h3,7-10,13H,1,4-6,11H2,2H3. The Morgan fingerprint density at radius 3 is 2.76 bits per heavy atom. The lowest BCUT2D eigenvalue weighted by Gasteiger charge is -2.13. The highest BCUT2D eigenvalue weighted by Crippen LogP contribution is 2.49. The quantitative estimate of drug-likeness (QED) is 0.251. The number of rotatable bonds is 7. The molecule has 0 N–H and O–H groups in total. The van der Waals surface area contributed by atoms with Gasteiger partial charge in [0.2, 0.25) is 0 Å². The number of allylic oxidation sites excluding steroid dienone is 1. The molecule has 2 atom stereocenters. The molecule has 0 saturated heterocycles. The third-order valence-corrected chi connectivity index (χ3v) is 3.96. The third kappa shape index (κ3) is 3.68. The van der Waals surface area contributed by atoms with Crippen molar-refractivity contribution >= 4 is 11.7 Å². The fraction of sp³-hybridized carbons (Fsp3) is 0.438. The van der Waals surface area contributed by atoms with Crippen LogP contribution in [-0.4, -0.2) is 16.5 Å². The molecule has 0 heterocycles. The Kier molecular flexibility index (Phi) is 4.40. The maximum Gasteiger partial charge on any atom is 0.338 e. The first-order valence-electron chi connectivity index (χ1n) is 7.05. The molecule has 1 saturated carbocycles. The molecule has 5 nitrogen and oxygen atoms in total. The topological polar surface area (TPSA) is 69.4 Å². The van der Waals surface area contributed by atoms with Crippen LogP contribution in [0.2, 0.25) is 0 Å². The lowest BCUT2D eigenvalue weighted by molar-refractivity contribution is -0.384. The van der Waals surface area contributed by atoms with Crippen LogP contribution >= 0.6 is 0 Å². The van der Waals surface area contributed by atoms with Gasteiger partial charge in [0.05, 0.1) is 10.5 Å². The van der Waals surface area contributed by atoms with Crippen molar-refractivity contribution in [2.75, 3.05) is 0 Å². The van der Waals surface area contributed by atoms with Crippen LogP contribution in [-0.2, 0) is 4.74 Å². The molecule has 0 aromatic heterocycles. The average Bonchev–Trinajstić information content (AvgIpc) is 3.09. The van der Waals surface area contributed by atoms with E-state index in [0.717, 1.165) is 25.7 Å². The van der Waals surface area contributed by atoms with Crippen LogP contribution in [0.1, 0.15) is 43.0 Å². The first-order valence-corrected chi connectivity index (χ1v) is 7.05. The van der Waals surface area contributed by atoms with Crippen LogP contribution in [0.4, 0.5) is 5.69 Å². The Bertz CT molecular complexity index is 552. The lowest BCUT2D eigenvalue weighted by atomic mass is 10.1. The molecule has 1 fully saturated rings. The van der Waals surface area contributed by atoms with Gasteiger partial charge in [0, 0.05) is 18.1 Å². The molecule has 21 heavy (non-hydrogen) atoms. The third-order valence-electron chi connectivity index (χ3n) is 3.96. The maximum atomic E-state index is 12.0. The number of nitro groups is 1. The van der Waals surface area contributed by atoms with E-state index in [0.29, 0.717) is 11.5 Å². The molecule has 2 unspecified atom stereocenters. The fourth-order valence-corrected chi connectivity index (χ4v) is 2.46. The second kappa shape index (κ2) is 6.08. The molecule has 0 spiro atoms. The summed E-state index contributed by atoms with van der Waals surface area (Å²) >= 11 is 0. The minimum Gasteiger partial charge on any atom is -0.455 e. The van der Waals surface area contributed by atoms with Crippen molar-refractivity contribution in [3.05, 3.63) is 52.6 Å². The molecule has 1 aliphatic carbocycles. The van der Waals surface area contributed by atoms with E-state index in [4.69, 9.17) is 4.74 Å².